The molecule has 0 aliphatic heterocycles. The van der Waals surface area contributed by atoms with Crippen LogP contribution in [0, 0.1) is 0 Å². The lowest BCUT2D eigenvalue weighted by Crippen LogP contribution is -2.12. The van der Waals surface area contributed by atoms with Gasteiger partial charge in [0.15, 0.2) is 0 Å². The van der Waals surface area contributed by atoms with Crippen LogP contribution in [0.3, 0.4) is 0 Å². The van der Waals surface area contributed by atoms with E-state index in [1.165, 1.54) is 12.1 Å². The van der Waals surface area contributed by atoms with E-state index >= 15 is 0 Å². The lowest BCUT2D eigenvalue weighted by molar-refractivity contribution is 0.151. The number of nitrogens with one attached hydrogen (secondary N) is 1. The maximum atomic E-state index is 12.4. The monoisotopic (exact) mass is 278 g/mol. The Labute approximate surface area is 116 Å². The number of benzene rings is 1. The smallest absolute Gasteiger partial charge is 0.263 e. The first-order valence-corrected chi connectivity index (χ1v) is 6.25. The van der Waals surface area contributed by atoms with Crippen molar-refractivity contribution in [2.24, 2.45) is 0 Å². The van der Waals surface area contributed by atoms with E-state index in [1.54, 1.807) is 25.4 Å². The molecular weight excluding hydrogens is 262 g/mol. The van der Waals surface area contributed by atoms with Crippen LogP contribution in [0.1, 0.15) is 23.1 Å². The molecule has 0 atom stereocenters. The van der Waals surface area contributed by atoms with Gasteiger partial charge in [-0.05, 0) is 17.2 Å². The van der Waals surface area contributed by atoms with Gasteiger partial charge in [-0.2, -0.15) is 0 Å². The highest BCUT2D eigenvalue weighted by atomic mass is 19.3. The molecule has 1 N–H and O–H groups in total. The Kier molecular flexibility index (Phi) is 5.01. The summed E-state index contributed by atoms with van der Waals surface area (Å²) in [7, 11) is 1.57. The van der Waals surface area contributed by atoms with Crippen LogP contribution in [0.15, 0.2) is 42.6 Å². The van der Waals surface area contributed by atoms with Crippen LogP contribution >= 0.6 is 0 Å². The van der Waals surface area contributed by atoms with Crippen molar-refractivity contribution in [3.8, 4) is 5.88 Å². The molecule has 1 heterocycles. The number of aromatic nitrogens is 1. The Bertz CT molecular complexity index is 544. The average Bonchev–Trinajstić information content (AvgIpc) is 2.48. The van der Waals surface area contributed by atoms with E-state index in [9.17, 15) is 8.78 Å². The average molecular weight is 278 g/mol. The third-order valence-electron chi connectivity index (χ3n) is 2.90. The summed E-state index contributed by atoms with van der Waals surface area (Å²) >= 11 is 0. The molecule has 0 spiro atoms. The van der Waals surface area contributed by atoms with Crippen LogP contribution in [-0.4, -0.2) is 12.1 Å². The van der Waals surface area contributed by atoms with Gasteiger partial charge < -0.3 is 10.1 Å². The molecule has 1 aromatic carbocycles. The lowest BCUT2D eigenvalue weighted by atomic mass is 10.1. The van der Waals surface area contributed by atoms with E-state index in [2.05, 4.69) is 10.3 Å². The van der Waals surface area contributed by atoms with E-state index in [0.717, 1.165) is 11.1 Å². The first-order chi connectivity index (χ1) is 9.69. The molecule has 0 saturated heterocycles. The van der Waals surface area contributed by atoms with Gasteiger partial charge in [-0.25, -0.2) is 13.8 Å². The maximum absolute atomic E-state index is 12.4. The van der Waals surface area contributed by atoms with Crippen molar-refractivity contribution in [3.63, 3.8) is 0 Å². The number of halogens is 2. The van der Waals surface area contributed by atoms with Crippen LogP contribution in [0.4, 0.5) is 8.78 Å². The summed E-state index contributed by atoms with van der Waals surface area (Å²) in [6.07, 6.45) is -0.728. The van der Waals surface area contributed by atoms with E-state index in [4.69, 9.17) is 4.74 Å². The summed E-state index contributed by atoms with van der Waals surface area (Å²) in [6.45, 7) is 1.28. The lowest BCUT2D eigenvalue weighted by Gasteiger charge is -2.07. The Morgan fingerprint density at radius 3 is 2.45 bits per heavy atom. The summed E-state index contributed by atoms with van der Waals surface area (Å²) < 4.78 is 29.9. The molecule has 20 heavy (non-hydrogen) atoms. The minimum atomic E-state index is -2.42. The van der Waals surface area contributed by atoms with Crippen LogP contribution in [0.2, 0.25) is 0 Å². The van der Waals surface area contributed by atoms with Gasteiger partial charge >= 0.3 is 0 Å². The van der Waals surface area contributed by atoms with Gasteiger partial charge in [0, 0.05) is 30.9 Å². The fraction of sp³-hybridized carbons (Fsp3) is 0.267. The second-order valence-corrected chi connectivity index (χ2v) is 4.35. The Balaban J connectivity index is 1.86. The van der Waals surface area contributed by atoms with Gasteiger partial charge in [0.1, 0.15) is 0 Å². The molecule has 5 heteroatoms. The molecule has 0 saturated carbocycles. The third kappa shape index (κ3) is 3.99. The molecule has 0 aliphatic rings. The minimum Gasteiger partial charge on any atom is -0.481 e. The van der Waals surface area contributed by atoms with E-state index in [1.807, 2.05) is 12.1 Å². The summed E-state index contributed by atoms with van der Waals surface area (Å²) in [4.78, 5) is 4.03. The first-order valence-electron chi connectivity index (χ1n) is 6.25. The quantitative estimate of drug-likeness (QED) is 0.880. The van der Waals surface area contributed by atoms with Gasteiger partial charge in [-0.15, -0.1) is 0 Å². The van der Waals surface area contributed by atoms with Crippen molar-refractivity contribution >= 4 is 0 Å². The van der Waals surface area contributed by atoms with Gasteiger partial charge in [0.25, 0.3) is 6.43 Å². The molecule has 0 amide bonds. The normalized spacial score (nSPS) is 10.8. The van der Waals surface area contributed by atoms with Gasteiger partial charge in [-0.1, -0.05) is 24.3 Å². The molecular formula is C15H16F2N2O. The molecule has 3 nitrogen and oxygen atoms in total. The number of pyridine rings is 1. The zero-order valence-electron chi connectivity index (χ0n) is 11.1. The van der Waals surface area contributed by atoms with Gasteiger partial charge in [0.05, 0.1) is 7.11 Å². The predicted octanol–water partition coefficient (Wildman–Crippen LogP) is 3.32. The molecule has 0 aliphatic carbocycles. The summed E-state index contributed by atoms with van der Waals surface area (Å²) in [5.41, 5.74) is 2.07. The van der Waals surface area contributed by atoms with Crippen molar-refractivity contribution in [1.29, 1.82) is 0 Å². The number of alkyl halides is 2. The topological polar surface area (TPSA) is 34.1 Å². The van der Waals surface area contributed by atoms with Crippen LogP contribution in [0.5, 0.6) is 5.88 Å². The van der Waals surface area contributed by atoms with Crippen LogP contribution in [-0.2, 0) is 13.1 Å². The highest BCUT2D eigenvalue weighted by Gasteiger charge is 2.05. The summed E-state index contributed by atoms with van der Waals surface area (Å²) in [5.74, 6) is 0.575. The molecule has 0 fully saturated rings. The number of methoxy groups -OCH3 is 1. The van der Waals surface area contributed by atoms with Gasteiger partial charge in [-0.3, -0.25) is 0 Å². The Morgan fingerprint density at radius 1 is 1.10 bits per heavy atom. The first kappa shape index (κ1) is 14.4. The van der Waals surface area contributed by atoms with Crippen molar-refractivity contribution in [2.75, 3.05) is 7.11 Å². The zero-order chi connectivity index (χ0) is 14.4. The van der Waals surface area contributed by atoms with Crippen LogP contribution < -0.4 is 10.1 Å². The summed E-state index contributed by atoms with van der Waals surface area (Å²) in [5, 5.41) is 3.25. The Hall–Kier alpha value is -2.01. The highest BCUT2D eigenvalue weighted by Crippen LogP contribution is 2.18. The number of rotatable bonds is 6. The van der Waals surface area contributed by atoms with Gasteiger partial charge in [0.2, 0.25) is 5.88 Å². The number of ether oxygens (including phenoxy) is 1. The van der Waals surface area contributed by atoms with E-state index in [0.29, 0.717) is 19.0 Å². The van der Waals surface area contributed by atoms with Crippen molar-refractivity contribution < 1.29 is 13.5 Å². The maximum Gasteiger partial charge on any atom is 0.263 e. The van der Waals surface area contributed by atoms with Crippen molar-refractivity contribution in [2.45, 2.75) is 19.5 Å². The fourth-order valence-electron chi connectivity index (χ4n) is 1.80. The molecule has 0 radical (unpaired) electrons. The van der Waals surface area contributed by atoms with E-state index < -0.39 is 6.43 Å². The minimum absolute atomic E-state index is 0.0487. The largest absolute Gasteiger partial charge is 0.481 e. The standard InChI is InChI=1S/C15H16F2N2O/c1-20-14-8-12(6-7-19-14)10-18-9-11-2-4-13(5-3-11)15(16)17/h2-8,15,18H,9-10H2,1H3. The number of nitrogens with zero attached hydrogens (tertiary/aromatic N) is 1. The zero-order valence-corrected chi connectivity index (χ0v) is 11.1. The second kappa shape index (κ2) is 6.96. The number of hydrogen-bond acceptors (Lipinski definition) is 3. The molecule has 2 rings (SSSR count). The molecule has 0 bridgehead atoms. The molecule has 106 valence electrons. The van der Waals surface area contributed by atoms with Crippen LogP contribution in [0.25, 0.3) is 0 Å². The Morgan fingerprint density at radius 2 is 1.80 bits per heavy atom. The second-order valence-electron chi connectivity index (χ2n) is 4.35. The molecule has 0 unspecified atom stereocenters. The molecule has 2 aromatic rings. The highest BCUT2D eigenvalue weighted by molar-refractivity contribution is 5.24. The van der Waals surface area contributed by atoms with E-state index in [-0.39, 0.29) is 5.56 Å². The summed E-state index contributed by atoms with van der Waals surface area (Å²) in [6, 6.07) is 10.1. The SMILES string of the molecule is COc1cc(CNCc2ccc(C(F)F)cc2)ccn1. The molecule has 1 aromatic heterocycles. The number of hydrogen-bond donors (Lipinski definition) is 1. The third-order valence-corrected chi connectivity index (χ3v) is 2.90. The fourth-order valence-corrected chi connectivity index (χ4v) is 1.80. The van der Waals surface area contributed by atoms with Crippen molar-refractivity contribution in [3.05, 3.63) is 59.3 Å². The van der Waals surface area contributed by atoms with Crippen molar-refractivity contribution in [1.82, 2.24) is 10.3 Å². The predicted molar refractivity (Wildman–Crippen MR) is 72.7 cm³/mol.